The fourth-order valence-corrected chi connectivity index (χ4v) is 7.20. The molecular formula is C55H98O5. The number of unbranched alkanes of at least 4 members (excludes halogenated alkanes) is 26. The van der Waals surface area contributed by atoms with Gasteiger partial charge in [-0.1, -0.05) is 216 Å². The Balaban J connectivity index is 4.18. The van der Waals surface area contributed by atoms with Gasteiger partial charge >= 0.3 is 11.9 Å². The summed E-state index contributed by atoms with van der Waals surface area (Å²) in [4.78, 5) is 25.3. The number of esters is 2. The van der Waals surface area contributed by atoms with Crippen LogP contribution in [0.3, 0.4) is 0 Å². The molecule has 0 amide bonds. The number of hydrogen-bond acceptors (Lipinski definition) is 5. The third-order valence-electron chi connectivity index (χ3n) is 11.0. The Bertz CT molecular complexity index is 1040. The molecule has 0 N–H and O–H groups in total. The molecule has 0 aliphatic rings. The molecule has 0 spiro atoms. The monoisotopic (exact) mass is 839 g/mol. The highest BCUT2D eigenvalue weighted by Gasteiger charge is 2.17. The van der Waals surface area contributed by atoms with Crippen molar-refractivity contribution in [2.75, 3.05) is 19.8 Å². The standard InChI is InChI=1S/C55H98O5/c1-4-7-10-13-16-19-21-23-25-27-28-30-31-33-35-37-39-42-45-48-54(56)59-52-53(51-58-50-47-44-41-18-15-12-9-6-3)60-55(57)49-46-43-40-38-36-34-32-29-26-24-22-20-17-14-11-8-5-2/h8,11,17,20,23-26,32,34,53H,4-7,9-10,12-16,18-19,21-22,27-31,33,35-52H2,1-3H3/b11-8-,20-17-,25-23-,26-24-,34-32-. The van der Waals surface area contributed by atoms with E-state index in [0.717, 1.165) is 83.5 Å². The number of carbonyl (C=O) groups is 2. The van der Waals surface area contributed by atoms with E-state index in [1.807, 2.05) is 0 Å². The maximum Gasteiger partial charge on any atom is 0.306 e. The van der Waals surface area contributed by atoms with Crippen molar-refractivity contribution >= 4 is 11.9 Å². The summed E-state index contributed by atoms with van der Waals surface area (Å²) >= 11 is 0. The van der Waals surface area contributed by atoms with Crippen molar-refractivity contribution in [3.8, 4) is 0 Å². The van der Waals surface area contributed by atoms with E-state index in [4.69, 9.17) is 14.2 Å². The summed E-state index contributed by atoms with van der Waals surface area (Å²) in [6.07, 6.45) is 63.7. The Morgan fingerprint density at radius 1 is 0.383 bits per heavy atom. The molecule has 0 radical (unpaired) electrons. The Labute approximate surface area is 373 Å². The van der Waals surface area contributed by atoms with Gasteiger partial charge < -0.3 is 14.2 Å². The number of hydrogen-bond donors (Lipinski definition) is 0. The predicted molar refractivity (Wildman–Crippen MR) is 261 cm³/mol. The van der Waals surface area contributed by atoms with Crippen LogP contribution in [0, 0.1) is 0 Å². The van der Waals surface area contributed by atoms with Gasteiger partial charge in [-0.2, -0.15) is 0 Å². The first kappa shape index (κ1) is 57.6. The van der Waals surface area contributed by atoms with Crippen LogP contribution >= 0.6 is 0 Å². The zero-order valence-corrected chi connectivity index (χ0v) is 40.0. The van der Waals surface area contributed by atoms with E-state index in [1.54, 1.807) is 0 Å². The summed E-state index contributed by atoms with van der Waals surface area (Å²) in [7, 11) is 0. The minimum Gasteiger partial charge on any atom is -0.462 e. The summed E-state index contributed by atoms with van der Waals surface area (Å²) in [5.41, 5.74) is 0. The molecular weight excluding hydrogens is 741 g/mol. The number of ether oxygens (including phenoxy) is 3. The molecule has 0 saturated heterocycles. The molecule has 0 aromatic heterocycles. The molecule has 1 unspecified atom stereocenters. The first-order valence-electron chi connectivity index (χ1n) is 25.8. The topological polar surface area (TPSA) is 61.8 Å². The molecule has 0 rings (SSSR count). The lowest BCUT2D eigenvalue weighted by molar-refractivity contribution is -0.163. The third kappa shape index (κ3) is 48.3. The maximum absolute atomic E-state index is 12.8. The van der Waals surface area contributed by atoms with Crippen LogP contribution in [0.15, 0.2) is 60.8 Å². The third-order valence-corrected chi connectivity index (χ3v) is 11.0. The van der Waals surface area contributed by atoms with Crippen LogP contribution in [0.2, 0.25) is 0 Å². The minimum atomic E-state index is -0.547. The molecule has 0 fully saturated rings. The Morgan fingerprint density at radius 3 is 1.22 bits per heavy atom. The van der Waals surface area contributed by atoms with Crippen LogP contribution < -0.4 is 0 Å². The first-order valence-corrected chi connectivity index (χ1v) is 25.8. The molecule has 5 heteroatoms. The Kier molecular flexibility index (Phi) is 48.9. The van der Waals surface area contributed by atoms with Crippen molar-refractivity contribution in [2.24, 2.45) is 0 Å². The van der Waals surface area contributed by atoms with Gasteiger partial charge in [0.15, 0.2) is 6.10 Å². The van der Waals surface area contributed by atoms with Crippen LogP contribution in [0.25, 0.3) is 0 Å². The lowest BCUT2D eigenvalue weighted by atomic mass is 10.1. The van der Waals surface area contributed by atoms with Crippen LogP contribution in [-0.4, -0.2) is 37.9 Å². The average molecular weight is 839 g/mol. The van der Waals surface area contributed by atoms with Gasteiger partial charge in [-0.15, -0.1) is 0 Å². The molecule has 0 aliphatic heterocycles. The van der Waals surface area contributed by atoms with E-state index < -0.39 is 6.10 Å². The van der Waals surface area contributed by atoms with Gasteiger partial charge in [0.05, 0.1) is 6.61 Å². The van der Waals surface area contributed by atoms with Crippen molar-refractivity contribution in [1.82, 2.24) is 0 Å². The lowest BCUT2D eigenvalue weighted by Crippen LogP contribution is -2.30. The zero-order chi connectivity index (χ0) is 43.5. The van der Waals surface area contributed by atoms with E-state index in [9.17, 15) is 9.59 Å². The molecule has 60 heavy (non-hydrogen) atoms. The van der Waals surface area contributed by atoms with Gasteiger partial charge in [0.25, 0.3) is 0 Å². The molecule has 0 aromatic carbocycles. The number of rotatable bonds is 47. The fourth-order valence-electron chi connectivity index (χ4n) is 7.20. The van der Waals surface area contributed by atoms with Crippen molar-refractivity contribution in [1.29, 1.82) is 0 Å². The van der Waals surface area contributed by atoms with E-state index in [0.29, 0.717) is 19.4 Å². The highest BCUT2D eigenvalue weighted by Crippen LogP contribution is 2.14. The molecule has 0 aliphatic carbocycles. The Morgan fingerprint density at radius 2 is 0.750 bits per heavy atom. The molecule has 0 bridgehead atoms. The van der Waals surface area contributed by atoms with Gasteiger partial charge in [0.2, 0.25) is 0 Å². The second kappa shape index (κ2) is 51.0. The van der Waals surface area contributed by atoms with Gasteiger partial charge in [-0.25, -0.2) is 0 Å². The normalized spacial score (nSPS) is 12.7. The molecule has 1 atom stereocenters. The van der Waals surface area contributed by atoms with E-state index in [2.05, 4.69) is 81.5 Å². The van der Waals surface area contributed by atoms with Crippen LogP contribution in [0.4, 0.5) is 0 Å². The van der Waals surface area contributed by atoms with Gasteiger partial charge in [0.1, 0.15) is 6.61 Å². The second-order valence-electron chi connectivity index (χ2n) is 17.0. The quantitative estimate of drug-likeness (QED) is 0.0347. The number of carbonyl (C=O) groups excluding carboxylic acids is 2. The summed E-state index contributed by atoms with van der Waals surface area (Å²) in [6.45, 7) is 7.69. The summed E-state index contributed by atoms with van der Waals surface area (Å²) in [5, 5.41) is 0. The fraction of sp³-hybridized carbons (Fsp3) is 0.782. The maximum atomic E-state index is 12.8. The first-order chi connectivity index (χ1) is 29.6. The molecule has 0 aromatic rings. The minimum absolute atomic E-state index is 0.0752. The van der Waals surface area contributed by atoms with Crippen molar-refractivity contribution < 1.29 is 23.8 Å². The average Bonchev–Trinajstić information content (AvgIpc) is 3.25. The van der Waals surface area contributed by atoms with Crippen molar-refractivity contribution in [2.45, 2.75) is 258 Å². The van der Waals surface area contributed by atoms with Crippen LogP contribution in [0.5, 0.6) is 0 Å². The van der Waals surface area contributed by atoms with Gasteiger partial charge in [-0.3, -0.25) is 9.59 Å². The smallest absolute Gasteiger partial charge is 0.306 e. The summed E-state index contributed by atoms with van der Waals surface area (Å²) < 4.78 is 17.3. The molecule has 0 heterocycles. The Hall–Kier alpha value is -2.40. The van der Waals surface area contributed by atoms with Crippen molar-refractivity contribution in [3.05, 3.63) is 60.8 Å². The van der Waals surface area contributed by atoms with E-state index >= 15 is 0 Å². The van der Waals surface area contributed by atoms with E-state index in [-0.39, 0.29) is 25.2 Å². The second-order valence-corrected chi connectivity index (χ2v) is 17.0. The lowest BCUT2D eigenvalue weighted by Gasteiger charge is -2.18. The molecule has 5 nitrogen and oxygen atoms in total. The highest BCUT2D eigenvalue weighted by atomic mass is 16.6. The largest absolute Gasteiger partial charge is 0.462 e. The molecule has 348 valence electrons. The highest BCUT2D eigenvalue weighted by molar-refractivity contribution is 5.70. The zero-order valence-electron chi connectivity index (χ0n) is 40.0. The SMILES string of the molecule is CC/C=C\C/C=C\C/C=C\C/C=C\CCCCCCC(=O)OC(COCCCCCCCCCC)COC(=O)CCCCCCCCCCC/C=C\CCCCCCCC. The summed E-state index contributed by atoms with van der Waals surface area (Å²) in [6, 6.07) is 0. The van der Waals surface area contributed by atoms with Crippen LogP contribution in [0.1, 0.15) is 252 Å². The van der Waals surface area contributed by atoms with Crippen molar-refractivity contribution in [3.63, 3.8) is 0 Å². The van der Waals surface area contributed by atoms with E-state index in [1.165, 1.54) is 135 Å². The number of allylic oxidation sites excluding steroid dienone is 10. The predicted octanol–water partition coefficient (Wildman–Crippen LogP) is 17.3. The van der Waals surface area contributed by atoms with Crippen LogP contribution in [-0.2, 0) is 23.8 Å². The van der Waals surface area contributed by atoms with Gasteiger partial charge in [0, 0.05) is 19.4 Å². The van der Waals surface area contributed by atoms with Gasteiger partial charge in [-0.05, 0) is 83.5 Å². The summed E-state index contributed by atoms with van der Waals surface area (Å²) in [5.74, 6) is -0.422. The molecule has 0 saturated carbocycles.